The van der Waals surface area contributed by atoms with E-state index in [1.807, 2.05) is 55.4 Å². The summed E-state index contributed by atoms with van der Waals surface area (Å²) in [6.07, 6.45) is -4.46. The molecule has 2 N–H and O–H groups in total. The van der Waals surface area contributed by atoms with Crippen molar-refractivity contribution in [2.75, 3.05) is 26.4 Å². The molecule has 0 saturated carbocycles. The molecule has 14 nitrogen and oxygen atoms in total. The van der Waals surface area contributed by atoms with Gasteiger partial charge in [0.2, 0.25) is 0 Å². The lowest BCUT2D eigenvalue weighted by molar-refractivity contribution is 0.0857. The van der Waals surface area contributed by atoms with Crippen LogP contribution in [-0.2, 0) is 18.9 Å². The first-order chi connectivity index (χ1) is 25.6. The summed E-state index contributed by atoms with van der Waals surface area (Å²) >= 11 is 0. The van der Waals surface area contributed by atoms with Crippen molar-refractivity contribution >= 4 is 46.2 Å². The van der Waals surface area contributed by atoms with E-state index in [0.717, 1.165) is 0 Å². The van der Waals surface area contributed by atoms with E-state index < -0.39 is 24.6 Å². The molecule has 54 heavy (non-hydrogen) atoms. The number of aromatic hydroxyl groups is 2. The molecule has 288 valence electrons. The Hall–Kier alpha value is -5.92. The Labute approximate surface area is 310 Å². The van der Waals surface area contributed by atoms with Gasteiger partial charge in [-0.2, -0.15) is 0 Å². The molecular formula is C40H44O14. The summed E-state index contributed by atoms with van der Waals surface area (Å²) in [5.41, 5.74) is 0. The average molecular weight is 749 g/mol. The smallest absolute Gasteiger partial charge is 0.507 e. The molecule has 0 aliphatic heterocycles. The lowest BCUT2D eigenvalue weighted by Crippen LogP contribution is -2.19. The van der Waals surface area contributed by atoms with Gasteiger partial charge >= 0.3 is 24.6 Å². The van der Waals surface area contributed by atoms with Gasteiger partial charge in [-0.3, -0.25) is 0 Å². The molecule has 14 heteroatoms. The van der Waals surface area contributed by atoms with Crippen LogP contribution in [-0.4, -0.2) is 61.3 Å². The van der Waals surface area contributed by atoms with Crippen molar-refractivity contribution in [1.29, 1.82) is 0 Å². The molecule has 0 radical (unpaired) electrons. The summed E-state index contributed by atoms with van der Waals surface area (Å²) in [6.45, 7) is 14.7. The van der Waals surface area contributed by atoms with E-state index in [1.54, 1.807) is 0 Å². The molecule has 0 spiro atoms. The van der Waals surface area contributed by atoms with Crippen LogP contribution in [0.2, 0.25) is 0 Å². The summed E-state index contributed by atoms with van der Waals surface area (Å²) in [7, 11) is 0. The number of rotatable bonds is 12. The quantitative estimate of drug-likeness (QED) is 0.0700. The highest BCUT2D eigenvalue weighted by molar-refractivity contribution is 6.03. The van der Waals surface area contributed by atoms with Gasteiger partial charge in [0.05, 0.1) is 37.2 Å². The highest BCUT2D eigenvalue weighted by Crippen LogP contribution is 2.50. The van der Waals surface area contributed by atoms with Gasteiger partial charge in [0.1, 0.15) is 11.5 Å². The van der Waals surface area contributed by atoms with Crippen molar-refractivity contribution in [2.24, 2.45) is 23.7 Å². The zero-order chi connectivity index (χ0) is 39.4. The van der Waals surface area contributed by atoms with Gasteiger partial charge in [-0.25, -0.2) is 19.2 Å². The molecule has 0 aromatic heterocycles. The van der Waals surface area contributed by atoms with Gasteiger partial charge in [-0.1, -0.05) is 79.7 Å². The number of fused-ring (bicyclic) bond motifs is 4. The van der Waals surface area contributed by atoms with E-state index in [9.17, 15) is 29.4 Å². The van der Waals surface area contributed by atoms with Gasteiger partial charge in [0.25, 0.3) is 0 Å². The number of hydrogen-bond donors (Lipinski definition) is 2. The van der Waals surface area contributed by atoms with Crippen molar-refractivity contribution in [2.45, 2.75) is 55.4 Å². The van der Waals surface area contributed by atoms with Crippen molar-refractivity contribution < 1.29 is 67.3 Å². The first kappa shape index (κ1) is 39.3. The second-order valence-corrected chi connectivity index (χ2v) is 14.4. The average Bonchev–Trinajstić information content (AvgIpc) is 3.08. The van der Waals surface area contributed by atoms with Crippen LogP contribution in [0.4, 0.5) is 19.2 Å². The standard InChI is InChI=1S/C40H44O14/c1-19(2)15-47-37(43)51-33-23-11-9-13-25(41)27(23)35(53-39(45)49-17-21(5)6)31-29(33)30-32(31)36(54-40(46)50-18-22(7)8)28-24(12-10-14-26(28)42)34(30)52-38(44)48-16-20(3)4/h9-14,19-22,41-42H,15-18H2,1-8H3. The van der Waals surface area contributed by atoms with Crippen LogP contribution in [0, 0.1) is 44.5 Å². The van der Waals surface area contributed by atoms with Crippen LogP contribution < -0.4 is 18.9 Å². The van der Waals surface area contributed by atoms with Crippen molar-refractivity contribution in [3.63, 3.8) is 0 Å². The first-order valence-corrected chi connectivity index (χ1v) is 17.6. The molecule has 0 heterocycles. The Morgan fingerprint density at radius 1 is 0.444 bits per heavy atom. The highest BCUT2D eigenvalue weighted by Gasteiger charge is 2.32. The third-order valence-electron chi connectivity index (χ3n) is 7.82. The van der Waals surface area contributed by atoms with E-state index in [4.69, 9.17) is 37.9 Å². The molecule has 1 aliphatic rings. The molecule has 0 fully saturated rings. The SMILES string of the molecule is CC(C)COC(=O)Oc1c2c(c(OC(=O)OCC(C)C)c3c(O)cccc13)=c1c(OC(=O)OCC(C)C)c3c(O)cccc3c(OC(=O)OCC(C)C)c1=2. The third kappa shape index (κ3) is 8.32. The molecule has 4 aromatic rings. The summed E-state index contributed by atoms with van der Waals surface area (Å²) in [6, 6.07) is 8.64. The summed E-state index contributed by atoms with van der Waals surface area (Å²) in [5, 5.41) is 22.7. The maximum atomic E-state index is 13.2. The Morgan fingerprint density at radius 2 is 0.704 bits per heavy atom. The number of phenolic OH excluding ortho intramolecular Hbond substituents is 2. The number of ether oxygens (including phenoxy) is 8. The summed E-state index contributed by atoms with van der Waals surface area (Å²) < 4.78 is 44.7. The number of benzene rings is 4. The molecular weight excluding hydrogens is 704 g/mol. The van der Waals surface area contributed by atoms with Crippen LogP contribution in [0.15, 0.2) is 36.4 Å². The fourth-order valence-electron chi connectivity index (χ4n) is 5.61. The van der Waals surface area contributed by atoms with Gasteiger partial charge in [-0.15, -0.1) is 0 Å². The van der Waals surface area contributed by atoms with Gasteiger partial charge in [0.15, 0.2) is 23.0 Å². The minimum atomic E-state index is -1.13. The number of carbonyl (C=O) groups excluding carboxylic acids is 4. The van der Waals surface area contributed by atoms with Crippen LogP contribution >= 0.6 is 0 Å². The fourth-order valence-corrected chi connectivity index (χ4v) is 5.61. The Kier molecular flexibility index (Phi) is 11.9. The van der Waals surface area contributed by atoms with E-state index in [1.165, 1.54) is 36.4 Å². The monoisotopic (exact) mass is 748 g/mol. The number of hydrogen-bond acceptors (Lipinski definition) is 14. The predicted octanol–water partition coefficient (Wildman–Crippen LogP) is 8.98. The number of phenols is 2. The molecule has 0 atom stereocenters. The zero-order valence-corrected chi connectivity index (χ0v) is 31.4. The van der Waals surface area contributed by atoms with Crippen molar-refractivity contribution in [3.8, 4) is 34.5 Å². The normalized spacial score (nSPS) is 11.6. The van der Waals surface area contributed by atoms with Gasteiger partial charge in [0, 0.05) is 31.6 Å². The van der Waals surface area contributed by atoms with E-state index in [0.29, 0.717) is 0 Å². The third-order valence-corrected chi connectivity index (χ3v) is 7.82. The summed E-state index contributed by atoms with van der Waals surface area (Å²) in [4.78, 5) is 52.9. The Bertz CT molecular complexity index is 2150. The molecule has 4 aromatic carbocycles. The second-order valence-electron chi connectivity index (χ2n) is 14.4. The molecule has 1 aliphatic carbocycles. The predicted molar refractivity (Wildman–Crippen MR) is 194 cm³/mol. The molecule has 0 saturated heterocycles. The Balaban J connectivity index is 1.98. The molecule has 0 unspecified atom stereocenters. The van der Waals surface area contributed by atoms with Crippen LogP contribution in [0.3, 0.4) is 0 Å². The minimum absolute atomic E-state index is 0.00451. The summed E-state index contributed by atoms with van der Waals surface area (Å²) in [5.74, 6) is -1.85. The zero-order valence-electron chi connectivity index (χ0n) is 31.4. The Morgan fingerprint density at radius 3 is 0.981 bits per heavy atom. The van der Waals surface area contributed by atoms with Crippen LogP contribution in [0.5, 0.6) is 34.5 Å². The fraction of sp³-hybridized carbons (Fsp3) is 0.400. The van der Waals surface area contributed by atoms with E-state index in [-0.39, 0.29) is 127 Å². The second kappa shape index (κ2) is 16.4. The van der Waals surface area contributed by atoms with Crippen molar-refractivity contribution in [1.82, 2.24) is 0 Å². The lowest BCUT2D eigenvalue weighted by Gasteiger charge is -2.23. The molecule has 0 bridgehead atoms. The maximum Gasteiger partial charge on any atom is 0.513 e. The molecule has 5 rings (SSSR count). The van der Waals surface area contributed by atoms with Crippen LogP contribution in [0.25, 0.3) is 21.5 Å². The number of carbonyl (C=O) groups is 4. The van der Waals surface area contributed by atoms with Gasteiger partial charge in [-0.05, 0) is 35.8 Å². The topological polar surface area (TPSA) is 183 Å². The first-order valence-electron chi connectivity index (χ1n) is 17.6. The van der Waals surface area contributed by atoms with Crippen molar-refractivity contribution in [3.05, 3.63) is 57.3 Å². The van der Waals surface area contributed by atoms with E-state index in [2.05, 4.69) is 0 Å². The maximum absolute atomic E-state index is 13.2. The van der Waals surface area contributed by atoms with E-state index >= 15 is 0 Å². The highest BCUT2D eigenvalue weighted by atomic mass is 16.7. The lowest BCUT2D eigenvalue weighted by atomic mass is 9.91. The van der Waals surface area contributed by atoms with Gasteiger partial charge < -0.3 is 48.1 Å². The largest absolute Gasteiger partial charge is 0.513 e. The minimum Gasteiger partial charge on any atom is -0.507 e. The molecule has 0 amide bonds. The van der Waals surface area contributed by atoms with Crippen LogP contribution in [0.1, 0.15) is 55.4 Å².